The van der Waals surface area contributed by atoms with Crippen molar-refractivity contribution >= 4 is 160 Å². The van der Waals surface area contributed by atoms with Crippen LogP contribution in [0.25, 0.3) is 12.2 Å². The molecule has 4 aromatic rings. The predicted molar refractivity (Wildman–Crippen MR) is 240 cm³/mol. The van der Waals surface area contributed by atoms with Crippen molar-refractivity contribution < 1.29 is 77.0 Å². The minimum atomic E-state index is -4.66. The summed E-state index contributed by atoms with van der Waals surface area (Å²) in [5.74, 6) is -3.48. The average molecular weight is 1060 g/mol. The van der Waals surface area contributed by atoms with Crippen molar-refractivity contribution in [3.63, 3.8) is 0 Å². The molecule has 0 unspecified atom stereocenters. The van der Waals surface area contributed by atoms with E-state index in [-0.39, 0.29) is 108 Å². The number of amides is 2. The van der Waals surface area contributed by atoms with Crippen molar-refractivity contribution in [1.29, 1.82) is 0 Å². The van der Waals surface area contributed by atoms with Crippen molar-refractivity contribution in [2.24, 2.45) is 10.2 Å². The summed E-state index contributed by atoms with van der Waals surface area (Å²) in [7, 11) is -9.32. The fraction of sp³-hybridized carbons (Fsp3) is 0.0556. The summed E-state index contributed by atoms with van der Waals surface area (Å²) in [4.78, 5) is 48.0. The topological polar surface area (TPSA) is 290 Å². The molecule has 2 aliphatic rings. The first-order valence-corrected chi connectivity index (χ1v) is 21.7. The van der Waals surface area contributed by atoms with Crippen LogP contribution in [0, 0.1) is 0 Å². The Morgan fingerprint density at radius 2 is 0.921 bits per heavy atom. The zero-order valence-corrected chi connectivity index (χ0v) is 38.7. The predicted octanol–water partition coefficient (Wildman–Crippen LogP) is 8.81. The molecule has 0 aliphatic heterocycles. The normalized spacial score (nSPS) is 14.3. The monoisotopic (exact) mass is 1060 g/mol. The molecule has 0 atom stereocenters. The molecule has 0 spiro atoms. The Hall–Kier alpha value is -4.73. The third-order valence-electron chi connectivity index (χ3n) is 8.19. The molecular weight excluding hydrogens is 1040 g/mol. The number of aromatic hydroxyl groups is 2. The van der Waals surface area contributed by atoms with Gasteiger partial charge in [-0.2, -0.15) is 27.0 Å². The molecule has 6 rings (SSSR count). The van der Waals surface area contributed by atoms with Crippen LogP contribution in [-0.2, 0) is 47.2 Å². The number of fused-ring (bicyclic) bond motifs is 2. The quantitative estimate of drug-likeness (QED) is 0.0354. The number of hydrazone groups is 2. The summed E-state index contributed by atoms with van der Waals surface area (Å²) >= 11 is 35.6. The zero-order chi connectivity index (χ0) is 46.2. The van der Waals surface area contributed by atoms with Crippen LogP contribution in [-0.4, -0.2) is 71.0 Å². The summed E-state index contributed by atoms with van der Waals surface area (Å²) in [5.41, 5.74) is 3.44. The van der Waals surface area contributed by atoms with Crippen molar-refractivity contribution in [3.8, 4) is 11.5 Å². The number of nitrogens with zero attached hydrogens (tertiary/aromatic N) is 2. The van der Waals surface area contributed by atoms with Crippen LogP contribution in [0.15, 0.2) is 68.5 Å². The van der Waals surface area contributed by atoms with E-state index in [0.717, 1.165) is 12.1 Å². The Labute approximate surface area is 401 Å². The van der Waals surface area contributed by atoms with Crippen LogP contribution < -0.4 is 21.5 Å². The number of hydrogen-bond donors (Lipinski definition) is 8. The van der Waals surface area contributed by atoms with Crippen LogP contribution >= 0.6 is 69.6 Å². The van der Waals surface area contributed by atoms with Gasteiger partial charge in [0.05, 0.1) is 52.6 Å². The number of carbonyl (C=O) groups excluding carboxylic acids is 4. The third kappa shape index (κ3) is 11.1. The number of anilines is 4. The third-order valence-corrected chi connectivity index (χ3v) is 12.2. The molecule has 0 radical (unpaired) electrons. The number of benzene rings is 4. The Kier molecular flexibility index (Phi) is 16.1. The first kappa shape index (κ1) is 50.9. The molecule has 2 aliphatic carbocycles. The smallest absolute Gasteiger partial charge is 0.504 e. The van der Waals surface area contributed by atoms with Gasteiger partial charge in [-0.05, 0) is 48.6 Å². The molecule has 2 amide bonds. The molecule has 4 aromatic carbocycles. The first-order valence-electron chi connectivity index (χ1n) is 16.5. The van der Waals surface area contributed by atoms with E-state index in [1.165, 1.54) is 62.4 Å². The maximum Gasteiger partial charge on any atom is 1.00 e. The Balaban J connectivity index is 0.000000622. The maximum atomic E-state index is 13.0. The van der Waals surface area contributed by atoms with Crippen molar-refractivity contribution in [1.82, 2.24) is 0 Å². The van der Waals surface area contributed by atoms with Gasteiger partial charge in [0, 0.05) is 42.3 Å². The fourth-order valence-electron chi connectivity index (χ4n) is 5.57. The molecule has 0 aromatic heterocycles. The minimum Gasteiger partial charge on any atom is -0.504 e. The number of rotatable bonds is 8. The summed E-state index contributed by atoms with van der Waals surface area (Å²) in [6.45, 7) is 2.41. The van der Waals surface area contributed by atoms with Gasteiger partial charge in [-0.3, -0.25) is 39.1 Å². The van der Waals surface area contributed by atoms with E-state index in [1.807, 2.05) is 0 Å². The summed E-state index contributed by atoms with van der Waals surface area (Å²) in [5, 5.41) is 32.4. The number of Topliss-reactive ketones (excluding diaryl/α,β-unsaturated/α-hetero) is 2. The van der Waals surface area contributed by atoms with Gasteiger partial charge in [-0.15, -0.1) is 0 Å². The summed E-state index contributed by atoms with van der Waals surface area (Å²) in [6, 6.07) is 6.90. The van der Waals surface area contributed by atoms with E-state index in [1.54, 1.807) is 0 Å². The van der Waals surface area contributed by atoms with E-state index >= 15 is 0 Å². The van der Waals surface area contributed by atoms with Crippen LogP contribution in [0.1, 0.15) is 50.0 Å². The van der Waals surface area contributed by atoms with Gasteiger partial charge in [-0.25, -0.2) is 0 Å². The molecule has 18 nitrogen and oxygen atoms in total. The summed E-state index contributed by atoms with van der Waals surface area (Å²) < 4.78 is 65.7. The van der Waals surface area contributed by atoms with E-state index < -0.39 is 64.9 Å². The van der Waals surface area contributed by atoms with Gasteiger partial charge in [0.2, 0.25) is 23.4 Å². The van der Waals surface area contributed by atoms with Crippen LogP contribution in [0.4, 0.5) is 22.7 Å². The van der Waals surface area contributed by atoms with E-state index in [9.17, 15) is 55.3 Å². The Bertz CT molecular complexity index is 2780. The number of phenols is 2. The molecule has 8 N–H and O–H groups in total. The summed E-state index contributed by atoms with van der Waals surface area (Å²) in [6.07, 6.45) is 4.83. The Morgan fingerprint density at radius 1 is 0.587 bits per heavy atom. The second-order valence-corrected chi connectivity index (χ2v) is 17.6. The zero-order valence-electron chi connectivity index (χ0n) is 34.2. The molecule has 0 bridgehead atoms. The fourth-order valence-corrected chi connectivity index (χ4v) is 8.25. The SMILES string of the molecule is CC(=O)Nc1ccc(S(=O)(=O)O)c2c1C(=O)/C(=N\Nc1c(O)c(Cl)cc(Cl)c1Cl)C=C2.CC(=O)Nc1ccc(S(=O)(=O)O)c2c1C(=O)/C(=N\Nc1c(O)c(Cl)cc(Cl)c1Cl)C=C2.[Cr].[H+].[H+].[H+]. The van der Waals surface area contributed by atoms with Gasteiger partial charge in [0.25, 0.3) is 20.2 Å². The number of hydrogen-bond acceptors (Lipinski definition) is 14. The number of ketones is 2. The molecule has 0 saturated carbocycles. The average Bonchev–Trinajstić information content (AvgIpc) is 3.16. The van der Waals surface area contributed by atoms with Crippen LogP contribution in [0.5, 0.6) is 11.5 Å². The van der Waals surface area contributed by atoms with Crippen molar-refractivity contribution in [3.05, 3.63) is 101 Å². The van der Waals surface area contributed by atoms with Crippen molar-refractivity contribution in [2.75, 3.05) is 21.5 Å². The standard InChI is InChI=1S/2C18H12Cl3N3O6S.Cr/c2*1-7(25)22-11-4-5-13(31(28,29)30)8-2-3-12(18(27)14(8)11)23-24-16-15(21)9(19)6-10(20)17(16)26;/h2*2-6,24,26H,1H3,(H,22,25)(H,28,29,30);/p+3/b2*23-12-;. The van der Waals surface area contributed by atoms with Gasteiger partial charge in [0.1, 0.15) is 32.6 Å². The molecular formula is C36H27Cl6CrN6O12S2+3. The number of carbonyl (C=O) groups is 4. The minimum absolute atomic E-state index is 0. The number of phenolic OH excluding ortho intramolecular Hbond substituents is 2. The number of allylic oxidation sites excluding steroid dienone is 2. The number of nitrogens with one attached hydrogen (secondary N) is 4. The second kappa shape index (κ2) is 20.0. The van der Waals surface area contributed by atoms with Crippen molar-refractivity contribution in [2.45, 2.75) is 23.6 Å². The second-order valence-electron chi connectivity index (χ2n) is 12.4. The molecule has 0 heterocycles. The molecule has 0 saturated heterocycles. The molecule has 0 fully saturated rings. The van der Waals surface area contributed by atoms with Gasteiger partial charge >= 0.3 is 4.28 Å². The Morgan fingerprint density at radius 3 is 1.22 bits per heavy atom. The van der Waals surface area contributed by atoms with Crippen LogP contribution in [0.2, 0.25) is 30.1 Å². The van der Waals surface area contributed by atoms with Crippen LogP contribution in [0.3, 0.4) is 0 Å². The van der Waals surface area contributed by atoms with E-state index in [0.29, 0.717) is 0 Å². The van der Waals surface area contributed by atoms with E-state index in [4.69, 9.17) is 69.6 Å². The van der Waals surface area contributed by atoms with Gasteiger partial charge in [-0.1, -0.05) is 81.8 Å². The molecule has 330 valence electrons. The van der Waals surface area contributed by atoms with Gasteiger partial charge < -0.3 is 20.8 Å². The van der Waals surface area contributed by atoms with Gasteiger partial charge in [0.15, 0.2) is 11.5 Å². The number of halogens is 6. The first-order chi connectivity index (χ1) is 28.8. The van der Waals surface area contributed by atoms with E-state index in [2.05, 4.69) is 31.7 Å². The molecule has 27 heteroatoms. The molecule has 63 heavy (non-hydrogen) atoms. The largest absolute Gasteiger partial charge is 1.00 e. The maximum absolute atomic E-state index is 13.0.